The third kappa shape index (κ3) is 4.66. The summed E-state index contributed by atoms with van der Waals surface area (Å²) in [4.78, 5) is 22.9. The van der Waals surface area contributed by atoms with Gasteiger partial charge in [-0.1, -0.05) is 29.8 Å². The number of hydrogen-bond donors (Lipinski definition) is 1. The van der Waals surface area contributed by atoms with Crippen LogP contribution in [0.5, 0.6) is 0 Å². The van der Waals surface area contributed by atoms with Gasteiger partial charge < -0.3 is 19.8 Å². The Kier molecular flexibility index (Phi) is 6.30. The van der Waals surface area contributed by atoms with Crippen molar-refractivity contribution >= 4 is 40.6 Å². The monoisotopic (exact) mass is 496 g/mol. The van der Waals surface area contributed by atoms with Crippen LogP contribution in [0.25, 0.3) is 0 Å². The number of para-hydroxylation sites is 1. The number of aliphatic imine (C=N–C) groups is 1. The van der Waals surface area contributed by atoms with Crippen LogP contribution in [-0.2, 0) is 4.79 Å². The molecule has 180 valence electrons. The fourth-order valence-electron chi connectivity index (χ4n) is 4.65. The predicted octanol–water partition coefficient (Wildman–Crippen LogP) is 5.46. The third-order valence-electron chi connectivity index (χ3n) is 6.35. The Hall–Kier alpha value is -3.65. The van der Waals surface area contributed by atoms with Crippen LogP contribution in [0, 0.1) is 11.6 Å². The Labute approximate surface area is 206 Å². The van der Waals surface area contributed by atoms with Gasteiger partial charge in [0.05, 0.1) is 23.2 Å². The Morgan fingerprint density at radius 2 is 1.60 bits per heavy atom. The van der Waals surface area contributed by atoms with E-state index in [0.717, 1.165) is 11.3 Å². The lowest BCUT2D eigenvalue weighted by Gasteiger charge is -2.45. The van der Waals surface area contributed by atoms with Gasteiger partial charge in [0.1, 0.15) is 11.6 Å². The molecule has 0 radical (unpaired) electrons. The lowest BCUT2D eigenvalue weighted by atomic mass is 9.97. The number of carbonyl (C=O) groups is 1. The topological polar surface area (TPSA) is 59.4 Å². The van der Waals surface area contributed by atoms with Gasteiger partial charge in [0, 0.05) is 43.1 Å². The minimum atomic E-state index is -0.953. The molecule has 0 saturated carbocycles. The summed E-state index contributed by atoms with van der Waals surface area (Å²) in [5, 5.41) is 9.69. The zero-order valence-corrected chi connectivity index (χ0v) is 19.5. The number of guanidine groups is 1. The molecule has 0 aromatic heterocycles. The highest BCUT2D eigenvalue weighted by molar-refractivity contribution is 6.31. The molecule has 0 bridgehead atoms. The van der Waals surface area contributed by atoms with Crippen molar-refractivity contribution in [2.45, 2.75) is 12.5 Å². The van der Waals surface area contributed by atoms with Crippen LogP contribution in [0.3, 0.4) is 0 Å². The smallest absolute Gasteiger partial charge is 0.305 e. The second-order valence-electron chi connectivity index (χ2n) is 8.50. The summed E-state index contributed by atoms with van der Waals surface area (Å²) in [5.41, 5.74) is 2.99. The maximum atomic E-state index is 14.0. The molecule has 3 aromatic carbocycles. The van der Waals surface area contributed by atoms with E-state index in [4.69, 9.17) is 16.6 Å². The Morgan fingerprint density at radius 1 is 0.943 bits per heavy atom. The molecule has 3 aromatic rings. The molecule has 1 unspecified atom stereocenters. The van der Waals surface area contributed by atoms with E-state index in [-0.39, 0.29) is 17.3 Å². The molecule has 6 nitrogen and oxygen atoms in total. The van der Waals surface area contributed by atoms with Gasteiger partial charge in [0.15, 0.2) is 0 Å². The summed E-state index contributed by atoms with van der Waals surface area (Å²) in [6.07, 6.45) is -0.166. The van der Waals surface area contributed by atoms with E-state index in [9.17, 15) is 18.7 Å². The maximum absolute atomic E-state index is 14.0. The molecule has 5 rings (SSSR count). The first-order valence-electron chi connectivity index (χ1n) is 11.3. The average molecular weight is 497 g/mol. The van der Waals surface area contributed by atoms with Crippen molar-refractivity contribution in [2.75, 3.05) is 36.0 Å². The summed E-state index contributed by atoms with van der Waals surface area (Å²) in [5.74, 6) is -1.18. The molecule has 1 fully saturated rings. The number of carboxylic acids is 1. The van der Waals surface area contributed by atoms with E-state index >= 15 is 0 Å². The minimum absolute atomic E-state index is 0.0455. The van der Waals surface area contributed by atoms with Gasteiger partial charge in [-0.05, 0) is 48.5 Å². The number of fused-ring (bicyclic) bond motifs is 1. The van der Waals surface area contributed by atoms with Gasteiger partial charge in [-0.2, -0.15) is 0 Å². The standard InChI is InChI=1S/C26H23ClF2N4O2/c27-21-15-19(9-10-22(21)29)33-24(16-25(34)35)20-3-1-2-4-23(20)30-26(33)32-13-11-31(12-14-32)18-7-5-17(28)6-8-18/h1-10,15,24H,11-14,16H2,(H,34,35). The maximum Gasteiger partial charge on any atom is 0.305 e. The molecule has 1 saturated heterocycles. The van der Waals surface area contributed by atoms with Crippen molar-refractivity contribution in [2.24, 2.45) is 4.99 Å². The number of benzene rings is 3. The van der Waals surface area contributed by atoms with E-state index in [1.165, 1.54) is 24.3 Å². The van der Waals surface area contributed by atoms with E-state index in [1.807, 2.05) is 29.2 Å². The highest BCUT2D eigenvalue weighted by Crippen LogP contribution is 2.41. The van der Waals surface area contributed by atoms with Crippen molar-refractivity contribution in [3.63, 3.8) is 0 Å². The van der Waals surface area contributed by atoms with E-state index in [0.29, 0.717) is 43.5 Å². The summed E-state index contributed by atoms with van der Waals surface area (Å²) in [6.45, 7) is 2.58. The zero-order chi connectivity index (χ0) is 24.5. The van der Waals surface area contributed by atoms with E-state index in [1.54, 1.807) is 18.2 Å². The first kappa shape index (κ1) is 23.1. The molecular weight excluding hydrogens is 474 g/mol. The third-order valence-corrected chi connectivity index (χ3v) is 6.64. The van der Waals surface area contributed by atoms with E-state index < -0.39 is 17.8 Å². The Balaban J connectivity index is 1.51. The van der Waals surface area contributed by atoms with Crippen LogP contribution in [0.4, 0.5) is 25.8 Å². The number of piperazine rings is 1. The number of carboxylic acid groups (broad SMARTS) is 1. The summed E-state index contributed by atoms with van der Waals surface area (Å²) < 4.78 is 27.3. The number of anilines is 2. The van der Waals surface area contributed by atoms with Gasteiger partial charge in [-0.15, -0.1) is 0 Å². The van der Waals surface area contributed by atoms with Gasteiger partial charge >= 0.3 is 5.97 Å². The van der Waals surface area contributed by atoms with Crippen LogP contribution >= 0.6 is 11.6 Å². The van der Waals surface area contributed by atoms with E-state index in [2.05, 4.69) is 9.80 Å². The van der Waals surface area contributed by atoms with Gasteiger partial charge in [-0.3, -0.25) is 4.79 Å². The highest BCUT2D eigenvalue weighted by Gasteiger charge is 2.36. The molecule has 35 heavy (non-hydrogen) atoms. The molecule has 2 aliphatic rings. The number of nitrogens with zero attached hydrogens (tertiary/aromatic N) is 4. The Morgan fingerprint density at radius 3 is 2.29 bits per heavy atom. The van der Waals surface area contributed by atoms with Crippen LogP contribution in [-0.4, -0.2) is 48.1 Å². The van der Waals surface area contributed by atoms with Crippen LogP contribution in [0.2, 0.25) is 5.02 Å². The lowest BCUT2D eigenvalue weighted by Crippen LogP contribution is -2.55. The number of aliphatic carboxylic acids is 1. The lowest BCUT2D eigenvalue weighted by molar-refractivity contribution is -0.137. The molecular formula is C26H23ClF2N4O2. The second-order valence-corrected chi connectivity index (χ2v) is 8.91. The molecule has 9 heteroatoms. The van der Waals surface area contributed by atoms with Crippen molar-refractivity contribution in [1.82, 2.24) is 4.90 Å². The first-order chi connectivity index (χ1) is 16.9. The predicted molar refractivity (Wildman–Crippen MR) is 133 cm³/mol. The number of halogens is 3. The molecule has 0 aliphatic carbocycles. The quantitative estimate of drug-likeness (QED) is 0.519. The average Bonchev–Trinajstić information content (AvgIpc) is 2.86. The largest absolute Gasteiger partial charge is 0.481 e. The normalized spacial score (nSPS) is 17.7. The molecule has 2 aliphatic heterocycles. The molecule has 0 spiro atoms. The Bertz CT molecular complexity index is 1280. The first-order valence-corrected chi connectivity index (χ1v) is 11.7. The van der Waals surface area contributed by atoms with Crippen LogP contribution in [0.1, 0.15) is 18.0 Å². The van der Waals surface area contributed by atoms with Gasteiger partial charge in [0.25, 0.3) is 0 Å². The fourth-order valence-corrected chi connectivity index (χ4v) is 4.82. The van der Waals surface area contributed by atoms with Crippen molar-refractivity contribution in [1.29, 1.82) is 0 Å². The number of rotatable bonds is 4. The molecule has 1 atom stereocenters. The molecule has 2 heterocycles. The number of hydrogen-bond acceptors (Lipinski definition) is 5. The highest BCUT2D eigenvalue weighted by atomic mass is 35.5. The summed E-state index contributed by atoms with van der Waals surface area (Å²) >= 11 is 6.11. The van der Waals surface area contributed by atoms with Crippen molar-refractivity contribution < 1.29 is 18.7 Å². The fraction of sp³-hybridized carbons (Fsp3) is 0.231. The molecule has 0 amide bonds. The molecule has 1 N–H and O–H groups in total. The van der Waals surface area contributed by atoms with Gasteiger partial charge in [0.2, 0.25) is 5.96 Å². The van der Waals surface area contributed by atoms with Crippen molar-refractivity contribution in [3.05, 3.63) is 89.0 Å². The summed E-state index contributed by atoms with van der Waals surface area (Å²) in [6, 6.07) is 17.7. The SMILES string of the molecule is O=C(O)CC1c2ccccc2N=C(N2CCN(c3ccc(F)cc3)CC2)N1c1ccc(F)c(Cl)c1. The minimum Gasteiger partial charge on any atom is -0.481 e. The van der Waals surface area contributed by atoms with Gasteiger partial charge in [-0.25, -0.2) is 13.8 Å². The van der Waals surface area contributed by atoms with Crippen LogP contribution < -0.4 is 9.80 Å². The van der Waals surface area contributed by atoms with Crippen LogP contribution in [0.15, 0.2) is 71.7 Å². The zero-order valence-electron chi connectivity index (χ0n) is 18.7. The van der Waals surface area contributed by atoms with Crippen molar-refractivity contribution in [3.8, 4) is 0 Å². The summed E-state index contributed by atoms with van der Waals surface area (Å²) in [7, 11) is 0. The second kappa shape index (κ2) is 9.54.